The van der Waals surface area contributed by atoms with Crippen LogP contribution in [0.15, 0.2) is 0 Å². The molecule has 10 nitrogen and oxygen atoms in total. The molecular formula is C24H35NO9. The molecule has 34 heavy (non-hydrogen) atoms. The summed E-state index contributed by atoms with van der Waals surface area (Å²) in [5.74, 6) is -3.83. The minimum atomic E-state index is -1.18. The molecule has 10 heteroatoms. The Hall–Kier alpha value is -2.78. The van der Waals surface area contributed by atoms with Crippen LogP contribution in [0.5, 0.6) is 0 Å². The van der Waals surface area contributed by atoms with Crippen LogP contribution >= 0.6 is 0 Å². The van der Waals surface area contributed by atoms with E-state index >= 15 is 0 Å². The molecule has 0 aromatic carbocycles. The molecule has 0 aromatic rings. The lowest BCUT2D eigenvalue weighted by atomic mass is 9.56. The number of carboxylic acids is 1. The molecule has 6 atom stereocenters. The summed E-state index contributed by atoms with van der Waals surface area (Å²) in [6.07, 6.45) is 1.38. The topological polar surface area (TPSA) is 153 Å². The summed E-state index contributed by atoms with van der Waals surface area (Å²) in [5, 5.41) is 11.7. The lowest BCUT2D eigenvalue weighted by molar-refractivity contribution is -0.150. The van der Waals surface area contributed by atoms with Gasteiger partial charge in [0.15, 0.2) is 0 Å². The Morgan fingerprint density at radius 1 is 1.15 bits per heavy atom. The van der Waals surface area contributed by atoms with E-state index in [1.165, 1.54) is 7.11 Å². The number of aliphatic carboxylic acids is 1. The van der Waals surface area contributed by atoms with Gasteiger partial charge in [-0.2, -0.15) is 0 Å². The summed E-state index contributed by atoms with van der Waals surface area (Å²) in [5.41, 5.74) is -0.741. The Morgan fingerprint density at radius 3 is 2.41 bits per heavy atom. The average Bonchev–Trinajstić information content (AvgIpc) is 3.07. The number of hydrogen-bond donors (Lipinski definition) is 2. The number of esters is 2. The molecule has 190 valence electrons. The maximum Gasteiger partial charge on any atom is 0.328 e. The van der Waals surface area contributed by atoms with Crippen LogP contribution in [0, 0.1) is 29.1 Å². The number of methoxy groups -OCH3 is 2. The minimum Gasteiger partial charge on any atom is -0.481 e. The van der Waals surface area contributed by atoms with Gasteiger partial charge in [-0.3, -0.25) is 24.0 Å². The molecule has 1 amide bonds. The normalized spacial score (nSPS) is 27.9. The van der Waals surface area contributed by atoms with Gasteiger partial charge in [0, 0.05) is 37.0 Å². The number of Topliss-reactive ketones (excluding diaryl/α,β-unsaturated/α-hetero) is 2. The fourth-order valence-electron chi connectivity index (χ4n) is 5.78. The number of nitrogens with one attached hydrogen (secondary N) is 1. The fraction of sp³-hybridized carbons (Fsp3) is 0.750. The monoisotopic (exact) mass is 481 g/mol. The number of rotatable bonds is 11. The first-order valence-corrected chi connectivity index (χ1v) is 11.7. The minimum absolute atomic E-state index is 0.00608. The van der Waals surface area contributed by atoms with Crippen molar-refractivity contribution in [3.05, 3.63) is 0 Å². The summed E-state index contributed by atoms with van der Waals surface area (Å²) in [7, 11) is 2.32. The molecule has 2 aliphatic rings. The molecule has 0 aromatic heterocycles. The van der Waals surface area contributed by atoms with Crippen LogP contribution in [0.25, 0.3) is 0 Å². The van der Waals surface area contributed by atoms with Gasteiger partial charge in [-0.1, -0.05) is 13.8 Å². The number of ketones is 2. The smallest absolute Gasteiger partial charge is 0.328 e. The third-order valence-electron chi connectivity index (χ3n) is 7.58. The van der Waals surface area contributed by atoms with E-state index in [0.29, 0.717) is 25.7 Å². The molecule has 0 radical (unpaired) electrons. The first-order valence-electron chi connectivity index (χ1n) is 11.7. The third-order valence-corrected chi connectivity index (χ3v) is 7.58. The lowest BCUT2D eigenvalue weighted by Gasteiger charge is -2.46. The van der Waals surface area contributed by atoms with Crippen LogP contribution in [-0.2, 0) is 38.2 Å². The highest BCUT2D eigenvalue weighted by Gasteiger charge is 2.57. The number of ether oxygens (including phenoxy) is 2. The zero-order valence-electron chi connectivity index (χ0n) is 20.3. The number of carbonyl (C=O) groups is 6. The number of carbonyl (C=O) groups excluding carboxylic acids is 5. The zero-order chi connectivity index (χ0) is 25.6. The molecule has 0 unspecified atom stereocenters. The van der Waals surface area contributed by atoms with Crippen molar-refractivity contribution < 1.29 is 43.3 Å². The maximum absolute atomic E-state index is 13.2. The number of fused-ring (bicyclic) bond motifs is 1. The first-order chi connectivity index (χ1) is 15.9. The molecule has 2 rings (SSSR count). The summed E-state index contributed by atoms with van der Waals surface area (Å²) in [4.78, 5) is 72.9. The van der Waals surface area contributed by atoms with E-state index in [2.05, 4.69) is 14.8 Å². The van der Waals surface area contributed by atoms with Crippen molar-refractivity contribution in [2.75, 3.05) is 14.2 Å². The highest BCUT2D eigenvalue weighted by molar-refractivity contribution is 5.95. The standard InChI is InChI=1S/C24H35NO9/c1-13(5-9-19(28)25-16(23(32)34-4)11-21(31)33-3)22-14(6-10-20(29)30)15-7-8-18(27)24(15,2)12-17(22)26/h13-16,22H,5-12H2,1-4H3,(H,25,28)(H,29,30)/t13-,14-,15-,16-,22+,24-/m0/s1. The summed E-state index contributed by atoms with van der Waals surface area (Å²) < 4.78 is 9.18. The molecule has 0 spiro atoms. The molecule has 2 aliphatic carbocycles. The van der Waals surface area contributed by atoms with Gasteiger partial charge in [-0.25, -0.2) is 4.79 Å². The molecule has 2 saturated carbocycles. The molecule has 0 bridgehead atoms. The van der Waals surface area contributed by atoms with Gasteiger partial charge in [0.1, 0.15) is 17.6 Å². The van der Waals surface area contributed by atoms with Crippen molar-refractivity contribution in [3.8, 4) is 0 Å². The van der Waals surface area contributed by atoms with E-state index in [0.717, 1.165) is 7.11 Å². The van der Waals surface area contributed by atoms with Gasteiger partial charge in [-0.15, -0.1) is 0 Å². The molecular weight excluding hydrogens is 446 g/mol. The van der Waals surface area contributed by atoms with Crippen molar-refractivity contribution in [1.29, 1.82) is 0 Å². The van der Waals surface area contributed by atoms with Crippen molar-refractivity contribution in [1.82, 2.24) is 5.32 Å². The highest BCUT2D eigenvalue weighted by atomic mass is 16.5. The van der Waals surface area contributed by atoms with Crippen molar-refractivity contribution in [2.24, 2.45) is 29.1 Å². The van der Waals surface area contributed by atoms with E-state index in [9.17, 15) is 33.9 Å². The summed E-state index contributed by atoms with van der Waals surface area (Å²) >= 11 is 0. The van der Waals surface area contributed by atoms with Gasteiger partial charge in [0.05, 0.1) is 20.6 Å². The largest absolute Gasteiger partial charge is 0.481 e. The Morgan fingerprint density at radius 2 is 1.82 bits per heavy atom. The van der Waals surface area contributed by atoms with Crippen LogP contribution in [-0.4, -0.2) is 60.7 Å². The van der Waals surface area contributed by atoms with Crippen LogP contribution < -0.4 is 5.32 Å². The van der Waals surface area contributed by atoms with Crippen molar-refractivity contribution in [3.63, 3.8) is 0 Å². The number of carboxylic acid groups (broad SMARTS) is 1. The van der Waals surface area contributed by atoms with Gasteiger partial charge in [0.25, 0.3) is 0 Å². The predicted octanol–water partition coefficient (Wildman–Crippen LogP) is 1.68. The number of hydrogen-bond acceptors (Lipinski definition) is 8. The lowest BCUT2D eigenvalue weighted by Crippen LogP contribution is -2.49. The van der Waals surface area contributed by atoms with E-state index in [1.807, 2.05) is 13.8 Å². The van der Waals surface area contributed by atoms with Gasteiger partial charge in [-0.05, 0) is 37.0 Å². The SMILES string of the molecule is COC(=O)C[C@H](NC(=O)CC[C@H](C)[C@H]1C(=O)C[C@]2(C)C(=O)CC[C@H]2[C@@H]1CCC(=O)O)C(=O)OC. The Kier molecular flexibility index (Phi) is 9.35. The maximum atomic E-state index is 13.2. The zero-order valence-corrected chi connectivity index (χ0v) is 20.3. The average molecular weight is 482 g/mol. The van der Waals surface area contributed by atoms with Gasteiger partial charge >= 0.3 is 17.9 Å². The Labute approximate surface area is 199 Å². The second-order valence-electron chi connectivity index (χ2n) is 9.69. The third kappa shape index (κ3) is 6.21. The second kappa shape index (κ2) is 11.6. The van der Waals surface area contributed by atoms with Crippen LogP contribution in [0.2, 0.25) is 0 Å². The molecule has 2 fully saturated rings. The fourth-order valence-corrected chi connectivity index (χ4v) is 5.78. The summed E-state index contributed by atoms with van der Waals surface area (Å²) in [6, 6.07) is -1.18. The first kappa shape index (κ1) is 27.5. The second-order valence-corrected chi connectivity index (χ2v) is 9.69. The number of amides is 1. The quantitative estimate of drug-likeness (QED) is 0.420. The molecule has 0 aliphatic heterocycles. The van der Waals surface area contributed by atoms with Crippen molar-refractivity contribution >= 4 is 35.4 Å². The van der Waals surface area contributed by atoms with Crippen LogP contribution in [0.4, 0.5) is 0 Å². The van der Waals surface area contributed by atoms with E-state index in [4.69, 9.17) is 0 Å². The van der Waals surface area contributed by atoms with Gasteiger partial charge in [0.2, 0.25) is 5.91 Å². The molecule has 0 saturated heterocycles. The van der Waals surface area contributed by atoms with Crippen molar-refractivity contribution in [2.45, 2.75) is 71.3 Å². The van der Waals surface area contributed by atoms with Crippen LogP contribution in [0.1, 0.15) is 65.2 Å². The molecule has 0 heterocycles. The van der Waals surface area contributed by atoms with E-state index in [-0.39, 0.29) is 55.0 Å². The van der Waals surface area contributed by atoms with Crippen LogP contribution in [0.3, 0.4) is 0 Å². The molecule has 2 N–H and O–H groups in total. The Bertz CT molecular complexity index is 838. The van der Waals surface area contributed by atoms with E-state index < -0.39 is 41.2 Å². The van der Waals surface area contributed by atoms with E-state index in [1.54, 1.807) is 0 Å². The predicted molar refractivity (Wildman–Crippen MR) is 118 cm³/mol. The highest BCUT2D eigenvalue weighted by Crippen LogP contribution is 2.55. The summed E-state index contributed by atoms with van der Waals surface area (Å²) in [6.45, 7) is 3.68. The van der Waals surface area contributed by atoms with Gasteiger partial charge < -0.3 is 19.9 Å². The Balaban J connectivity index is 2.09.